The predicted molar refractivity (Wildman–Crippen MR) is 129 cm³/mol. The number of ether oxygens (including phenoxy) is 2. The third-order valence-electron chi connectivity index (χ3n) is 5.39. The number of hydrogen-bond acceptors (Lipinski definition) is 8. The number of phenolic OH excluding ortho intramolecular Hbond substituents is 1. The maximum atomic E-state index is 13.2. The normalized spacial score (nSPS) is 15.7. The molecule has 35 heavy (non-hydrogen) atoms. The van der Waals surface area contributed by atoms with Crippen LogP contribution >= 0.6 is 11.6 Å². The van der Waals surface area contributed by atoms with Crippen LogP contribution in [0.4, 0.5) is 5.69 Å². The number of carbonyl (C=O) groups is 2. The lowest BCUT2D eigenvalue weighted by molar-refractivity contribution is -0.384. The van der Waals surface area contributed by atoms with Crippen LogP contribution in [-0.2, 0) is 19.1 Å². The quantitative estimate of drug-likeness (QED) is 0.321. The zero-order chi connectivity index (χ0) is 25.7. The van der Waals surface area contributed by atoms with Crippen molar-refractivity contribution in [1.82, 2.24) is 5.32 Å². The number of allylic oxidation sites excluding steroid dienone is 2. The van der Waals surface area contributed by atoms with Gasteiger partial charge in [0.15, 0.2) is 0 Å². The van der Waals surface area contributed by atoms with E-state index in [1.165, 1.54) is 31.4 Å². The number of benzene rings is 2. The maximum Gasteiger partial charge on any atom is 0.337 e. The second-order valence-electron chi connectivity index (χ2n) is 7.69. The molecule has 0 bridgehead atoms. The minimum absolute atomic E-state index is 0.0422. The Balaban J connectivity index is 1.92. The van der Waals surface area contributed by atoms with Gasteiger partial charge in [-0.1, -0.05) is 35.9 Å². The molecule has 0 saturated carbocycles. The van der Waals surface area contributed by atoms with Crippen LogP contribution in [-0.4, -0.2) is 35.7 Å². The summed E-state index contributed by atoms with van der Waals surface area (Å²) in [5.74, 6) is -2.35. The fourth-order valence-electron chi connectivity index (χ4n) is 3.81. The minimum Gasteiger partial charge on any atom is -0.506 e. The van der Waals surface area contributed by atoms with Crippen LogP contribution in [0, 0.1) is 10.1 Å². The van der Waals surface area contributed by atoms with E-state index in [1.807, 2.05) is 0 Å². The van der Waals surface area contributed by atoms with Gasteiger partial charge in [0, 0.05) is 23.5 Å². The molecule has 0 fully saturated rings. The number of phenols is 1. The van der Waals surface area contributed by atoms with E-state index in [0.717, 1.165) is 0 Å². The third kappa shape index (κ3) is 5.70. The van der Waals surface area contributed by atoms with Crippen molar-refractivity contribution in [3.8, 4) is 5.75 Å². The van der Waals surface area contributed by atoms with Gasteiger partial charge in [0.1, 0.15) is 12.4 Å². The van der Waals surface area contributed by atoms with Crippen molar-refractivity contribution in [3.63, 3.8) is 0 Å². The number of carbonyl (C=O) groups excluding carboxylic acids is 2. The summed E-state index contributed by atoms with van der Waals surface area (Å²) in [5, 5.41) is 24.0. The first-order valence-electron chi connectivity index (χ1n) is 10.5. The molecule has 0 radical (unpaired) electrons. The second kappa shape index (κ2) is 10.9. The van der Waals surface area contributed by atoms with Crippen LogP contribution < -0.4 is 5.32 Å². The van der Waals surface area contributed by atoms with Crippen LogP contribution in [0.25, 0.3) is 6.08 Å². The van der Waals surface area contributed by atoms with Crippen molar-refractivity contribution in [2.75, 3.05) is 13.7 Å². The average molecular weight is 499 g/mol. The van der Waals surface area contributed by atoms with Gasteiger partial charge in [-0.05, 0) is 43.2 Å². The molecular weight excluding hydrogens is 476 g/mol. The molecule has 0 aromatic heterocycles. The van der Waals surface area contributed by atoms with Crippen molar-refractivity contribution in [3.05, 3.63) is 97.3 Å². The molecule has 2 aromatic rings. The third-order valence-corrected chi connectivity index (χ3v) is 5.70. The Labute approximate surface area is 206 Å². The zero-order valence-electron chi connectivity index (χ0n) is 19.2. The van der Waals surface area contributed by atoms with Crippen molar-refractivity contribution in [2.45, 2.75) is 19.8 Å². The molecule has 10 heteroatoms. The SMILES string of the molecule is COC(=O)C1=C(C)NC(C)=C(C(=O)OC/C=C/c2ccc(O)c(Cl)c2)C1c1cccc([N+](=O)[O-])c1. The lowest BCUT2D eigenvalue weighted by atomic mass is 9.80. The maximum absolute atomic E-state index is 13.2. The Kier molecular flexibility index (Phi) is 7.93. The van der Waals surface area contributed by atoms with E-state index in [2.05, 4.69) is 5.32 Å². The van der Waals surface area contributed by atoms with Crippen LogP contribution in [0.2, 0.25) is 5.02 Å². The number of rotatable bonds is 7. The number of halogens is 1. The number of methoxy groups -OCH3 is 1. The number of nitro benzene ring substituents is 1. The van der Waals surface area contributed by atoms with Gasteiger partial charge < -0.3 is 19.9 Å². The van der Waals surface area contributed by atoms with E-state index in [4.69, 9.17) is 21.1 Å². The Morgan fingerprint density at radius 2 is 1.83 bits per heavy atom. The molecule has 2 N–H and O–H groups in total. The fourth-order valence-corrected chi connectivity index (χ4v) is 4.00. The largest absolute Gasteiger partial charge is 0.506 e. The molecule has 0 saturated heterocycles. The number of aromatic hydroxyl groups is 1. The van der Waals surface area contributed by atoms with Gasteiger partial charge in [-0.2, -0.15) is 0 Å². The highest BCUT2D eigenvalue weighted by Crippen LogP contribution is 2.40. The van der Waals surface area contributed by atoms with Gasteiger partial charge in [-0.15, -0.1) is 0 Å². The Bertz CT molecular complexity index is 1280. The van der Waals surface area contributed by atoms with E-state index in [-0.39, 0.29) is 34.2 Å². The molecule has 1 atom stereocenters. The van der Waals surface area contributed by atoms with E-state index < -0.39 is 22.8 Å². The Hall–Kier alpha value is -4.11. The van der Waals surface area contributed by atoms with Gasteiger partial charge in [0.25, 0.3) is 5.69 Å². The first-order valence-corrected chi connectivity index (χ1v) is 10.8. The lowest BCUT2D eigenvalue weighted by Crippen LogP contribution is -2.32. The molecule has 0 aliphatic carbocycles. The molecule has 1 heterocycles. The van der Waals surface area contributed by atoms with Crippen molar-refractivity contribution < 1.29 is 29.1 Å². The van der Waals surface area contributed by atoms with E-state index >= 15 is 0 Å². The second-order valence-corrected chi connectivity index (χ2v) is 8.10. The molecule has 0 amide bonds. The highest BCUT2D eigenvalue weighted by atomic mass is 35.5. The number of nitrogens with zero attached hydrogens (tertiary/aromatic N) is 1. The summed E-state index contributed by atoms with van der Waals surface area (Å²) in [6.07, 6.45) is 3.26. The van der Waals surface area contributed by atoms with Crippen molar-refractivity contribution >= 4 is 35.3 Å². The number of non-ortho nitro benzene ring substituents is 1. The van der Waals surface area contributed by atoms with Crippen molar-refractivity contribution in [1.29, 1.82) is 0 Å². The molecule has 1 aliphatic rings. The topological polar surface area (TPSA) is 128 Å². The predicted octanol–water partition coefficient (Wildman–Crippen LogP) is 4.62. The summed E-state index contributed by atoms with van der Waals surface area (Å²) < 4.78 is 10.4. The number of esters is 2. The summed E-state index contributed by atoms with van der Waals surface area (Å²) in [6, 6.07) is 10.4. The average Bonchev–Trinajstić information content (AvgIpc) is 2.83. The van der Waals surface area contributed by atoms with Crippen LogP contribution in [0.1, 0.15) is 30.9 Å². The monoisotopic (exact) mass is 498 g/mol. The van der Waals surface area contributed by atoms with Crippen LogP contribution in [0.5, 0.6) is 5.75 Å². The van der Waals surface area contributed by atoms with E-state index in [0.29, 0.717) is 22.5 Å². The number of dihydropyridines is 1. The van der Waals surface area contributed by atoms with Crippen LogP contribution in [0.3, 0.4) is 0 Å². The lowest BCUT2D eigenvalue weighted by Gasteiger charge is -2.30. The summed E-state index contributed by atoms with van der Waals surface area (Å²) >= 11 is 5.90. The smallest absolute Gasteiger partial charge is 0.337 e. The van der Waals surface area contributed by atoms with Crippen molar-refractivity contribution in [2.24, 2.45) is 0 Å². The number of nitrogens with one attached hydrogen (secondary N) is 1. The number of hydrogen-bond donors (Lipinski definition) is 2. The summed E-state index contributed by atoms with van der Waals surface area (Å²) in [7, 11) is 1.22. The molecule has 0 spiro atoms. The van der Waals surface area contributed by atoms with Gasteiger partial charge in [-0.3, -0.25) is 10.1 Å². The van der Waals surface area contributed by atoms with E-state index in [9.17, 15) is 24.8 Å². The molecular formula is C25H23ClN2O7. The molecule has 1 unspecified atom stereocenters. The zero-order valence-corrected chi connectivity index (χ0v) is 20.0. The van der Waals surface area contributed by atoms with E-state index in [1.54, 1.807) is 44.2 Å². The molecule has 9 nitrogen and oxygen atoms in total. The first-order chi connectivity index (χ1) is 16.6. The molecule has 182 valence electrons. The van der Waals surface area contributed by atoms with Crippen LogP contribution in [0.15, 0.2) is 71.1 Å². The van der Waals surface area contributed by atoms with Gasteiger partial charge in [-0.25, -0.2) is 9.59 Å². The minimum atomic E-state index is -0.934. The molecule has 1 aliphatic heterocycles. The summed E-state index contributed by atoms with van der Waals surface area (Å²) in [4.78, 5) is 36.6. The molecule has 3 rings (SSSR count). The fraction of sp³-hybridized carbons (Fsp3) is 0.200. The molecule has 2 aromatic carbocycles. The van der Waals surface area contributed by atoms with Gasteiger partial charge in [0.2, 0.25) is 0 Å². The standard InChI is InChI=1S/C25H23ClN2O7/c1-14-21(24(30)34-3)23(17-7-4-8-18(13-17)28(32)33)22(15(2)27-14)25(31)35-11-5-6-16-9-10-20(29)19(26)12-16/h4-10,12-13,23,27,29H,11H2,1-3H3/b6-5+. The van der Waals surface area contributed by atoms with Gasteiger partial charge >= 0.3 is 11.9 Å². The Morgan fingerprint density at radius 3 is 2.46 bits per heavy atom. The Morgan fingerprint density at radius 1 is 1.14 bits per heavy atom. The van der Waals surface area contributed by atoms with Gasteiger partial charge in [0.05, 0.1) is 34.1 Å². The number of nitro groups is 1. The highest BCUT2D eigenvalue weighted by molar-refractivity contribution is 6.32. The summed E-state index contributed by atoms with van der Waals surface area (Å²) in [5.41, 5.74) is 2.10. The highest BCUT2D eigenvalue weighted by Gasteiger charge is 2.38. The first kappa shape index (κ1) is 25.5. The summed E-state index contributed by atoms with van der Waals surface area (Å²) in [6.45, 7) is 3.23.